The molecule has 108 valence electrons. The maximum absolute atomic E-state index is 8.74. The number of unbranched alkanes of at least 4 members (excludes halogenated alkanes) is 1. The van der Waals surface area contributed by atoms with Gasteiger partial charge in [-0.15, -0.1) is 0 Å². The highest BCUT2D eigenvalue weighted by atomic mass is 16.4. The van der Waals surface area contributed by atoms with E-state index in [4.69, 9.17) is 25.5 Å². The first-order valence-corrected chi connectivity index (χ1v) is 5.79. The number of rotatable bonds is 7. The number of aliphatic hydroxyl groups excluding tert-OH is 5. The molecule has 0 aliphatic rings. The summed E-state index contributed by atoms with van der Waals surface area (Å²) >= 11 is 0. The minimum absolute atomic E-state index is 0. The lowest BCUT2D eigenvalue weighted by molar-refractivity contribution is -0.0151. The van der Waals surface area contributed by atoms with Gasteiger partial charge in [0.05, 0.1) is 25.4 Å². The molecule has 5 heteroatoms. The van der Waals surface area contributed by atoms with Gasteiger partial charge in [0.2, 0.25) is 0 Å². The van der Waals surface area contributed by atoms with Crippen molar-refractivity contribution < 1.29 is 25.5 Å². The molecule has 0 saturated heterocycles. The molecule has 0 amide bonds. The van der Waals surface area contributed by atoms with Crippen molar-refractivity contribution in [3.05, 3.63) is 0 Å². The molecule has 3 atom stereocenters. The van der Waals surface area contributed by atoms with Gasteiger partial charge in [-0.2, -0.15) is 0 Å². The zero-order chi connectivity index (χ0) is 13.0. The highest BCUT2D eigenvalue weighted by Gasteiger charge is 2.10. The molecule has 3 unspecified atom stereocenters. The molecule has 0 heterocycles. The minimum Gasteiger partial charge on any atom is -0.394 e. The van der Waals surface area contributed by atoms with Crippen LogP contribution in [0.1, 0.15) is 47.0 Å². The molecule has 0 fully saturated rings. The van der Waals surface area contributed by atoms with Gasteiger partial charge in [-0.1, -0.05) is 34.1 Å². The second-order valence-electron chi connectivity index (χ2n) is 3.70. The summed E-state index contributed by atoms with van der Waals surface area (Å²) in [7, 11) is 0. The third-order valence-electron chi connectivity index (χ3n) is 2.15. The predicted octanol–water partition coefficient (Wildman–Crippen LogP) is 0.276. The Bertz CT molecular complexity index is 124. The molecule has 0 aromatic rings. The second-order valence-corrected chi connectivity index (χ2v) is 3.70. The van der Waals surface area contributed by atoms with Crippen molar-refractivity contribution in [2.45, 2.75) is 65.3 Å². The van der Waals surface area contributed by atoms with E-state index in [2.05, 4.69) is 6.92 Å². The van der Waals surface area contributed by atoms with Gasteiger partial charge in [-0.05, 0) is 12.8 Å². The zero-order valence-electron chi connectivity index (χ0n) is 10.2. The van der Waals surface area contributed by atoms with Gasteiger partial charge in [0, 0.05) is 0 Å². The smallest absolute Gasteiger partial charge is 0.103 e. The molecule has 0 aromatic heterocycles. The molecule has 0 aliphatic heterocycles. The van der Waals surface area contributed by atoms with Crippen molar-refractivity contribution in [2.75, 3.05) is 13.2 Å². The van der Waals surface area contributed by atoms with Crippen LogP contribution in [0.5, 0.6) is 0 Å². The van der Waals surface area contributed by atoms with Gasteiger partial charge in [-0.25, -0.2) is 0 Å². The van der Waals surface area contributed by atoms with Crippen LogP contribution >= 0.6 is 0 Å². The number of hydrogen-bond acceptors (Lipinski definition) is 5. The number of hydrogen-bond donors (Lipinski definition) is 5. The van der Waals surface area contributed by atoms with Crippen LogP contribution in [0.4, 0.5) is 0 Å². The van der Waals surface area contributed by atoms with Crippen molar-refractivity contribution in [3.63, 3.8) is 0 Å². The van der Waals surface area contributed by atoms with Gasteiger partial charge in [0.15, 0.2) is 0 Å². The van der Waals surface area contributed by atoms with Crippen LogP contribution < -0.4 is 0 Å². The summed E-state index contributed by atoms with van der Waals surface area (Å²) in [4.78, 5) is 0. The monoisotopic (exact) mass is 254 g/mol. The standard InChI is InChI=1S/C6H14O2.C5H12O3.CH4/c1-2-3-4-6(8)5-7;1-2-4(7)5(8)3-6;/h6-8H,2-5H2,1H3;4-8H,2-3H2,1H3;1H4. The first kappa shape index (κ1) is 22.0. The Morgan fingerprint density at radius 2 is 1.41 bits per heavy atom. The Kier molecular flexibility index (Phi) is 20.5. The Balaban J connectivity index is -0.000000218. The van der Waals surface area contributed by atoms with Crippen LogP contribution in [0.15, 0.2) is 0 Å². The highest BCUT2D eigenvalue weighted by Crippen LogP contribution is 1.98. The highest BCUT2D eigenvalue weighted by molar-refractivity contribution is 4.62. The fourth-order valence-electron chi connectivity index (χ4n) is 0.925. The first-order valence-electron chi connectivity index (χ1n) is 5.79. The largest absolute Gasteiger partial charge is 0.394 e. The van der Waals surface area contributed by atoms with E-state index in [0.717, 1.165) is 19.3 Å². The van der Waals surface area contributed by atoms with E-state index in [0.29, 0.717) is 6.42 Å². The van der Waals surface area contributed by atoms with Gasteiger partial charge in [0.1, 0.15) is 6.10 Å². The molecule has 0 aliphatic carbocycles. The molecular weight excluding hydrogens is 224 g/mol. The maximum Gasteiger partial charge on any atom is 0.103 e. The lowest BCUT2D eigenvalue weighted by atomic mass is 10.2. The summed E-state index contributed by atoms with van der Waals surface area (Å²) in [6, 6.07) is 0. The second kappa shape index (κ2) is 15.8. The fourth-order valence-corrected chi connectivity index (χ4v) is 0.925. The predicted molar refractivity (Wildman–Crippen MR) is 68.7 cm³/mol. The topological polar surface area (TPSA) is 101 Å². The van der Waals surface area contributed by atoms with Crippen molar-refractivity contribution >= 4 is 0 Å². The van der Waals surface area contributed by atoms with E-state index in [9.17, 15) is 0 Å². The van der Waals surface area contributed by atoms with Crippen LogP contribution in [0.3, 0.4) is 0 Å². The number of aliphatic hydroxyl groups is 5. The van der Waals surface area contributed by atoms with Crippen molar-refractivity contribution in [2.24, 2.45) is 0 Å². The molecule has 0 aromatic carbocycles. The third-order valence-corrected chi connectivity index (χ3v) is 2.15. The van der Waals surface area contributed by atoms with Crippen molar-refractivity contribution in [1.29, 1.82) is 0 Å². The lowest BCUT2D eigenvalue weighted by Crippen LogP contribution is -2.28. The maximum atomic E-state index is 8.74. The van der Waals surface area contributed by atoms with Crippen LogP contribution in [0.25, 0.3) is 0 Å². The molecule has 17 heavy (non-hydrogen) atoms. The van der Waals surface area contributed by atoms with E-state index < -0.39 is 18.3 Å². The summed E-state index contributed by atoms with van der Waals surface area (Å²) < 4.78 is 0. The minimum atomic E-state index is -0.972. The molecular formula is C12H30O5. The van der Waals surface area contributed by atoms with Gasteiger partial charge in [-0.3, -0.25) is 0 Å². The Labute approximate surface area is 105 Å². The summed E-state index contributed by atoms with van der Waals surface area (Å²) in [5.74, 6) is 0. The van der Waals surface area contributed by atoms with E-state index in [1.807, 2.05) is 0 Å². The fraction of sp³-hybridized carbons (Fsp3) is 1.00. The van der Waals surface area contributed by atoms with Crippen molar-refractivity contribution in [3.8, 4) is 0 Å². The van der Waals surface area contributed by atoms with Crippen LogP contribution in [-0.2, 0) is 0 Å². The molecule has 0 rings (SSSR count). The lowest BCUT2D eigenvalue weighted by Gasteiger charge is -2.11. The van der Waals surface area contributed by atoms with E-state index in [1.54, 1.807) is 6.92 Å². The average Bonchev–Trinajstić information content (AvgIpc) is 2.34. The molecule has 0 bridgehead atoms. The molecule has 0 saturated carbocycles. The van der Waals surface area contributed by atoms with Gasteiger partial charge >= 0.3 is 0 Å². The molecule has 5 N–H and O–H groups in total. The average molecular weight is 254 g/mol. The van der Waals surface area contributed by atoms with Crippen LogP contribution in [0, 0.1) is 0 Å². The third kappa shape index (κ3) is 15.8. The first-order chi connectivity index (χ1) is 7.53. The summed E-state index contributed by atoms with van der Waals surface area (Å²) in [5.41, 5.74) is 0. The van der Waals surface area contributed by atoms with E-state index >= 15 is 0 Å². The van der Waals surface area contributed by atoms with E-state index in [1.165, 1.54) is 0 Å². The van der Waals surface area contributed by atoms with Crippen LogP contribution in [-0.4, -0.2) is 57.1 Å². The Morgan fingerprint density at radius 3 is 1.65 bits per heavy atom. The normalized spacial score (nSPS) is 15.0. The molecule has 0 spiro atoms. The SMILES string of the molecule is C.CCC(O)C(O)CO.CCCCC(O)CO. The molecule has 0 radical (unpaired) electrons. The van der Waals surface area contributed by atoms with Crippen molar-refractivity contribution in [1.82, 2.24) is 0 Å². The van der Waals surface area contributed by atoms with E-state index in [-0.39, 0.29) is 20.6 Å². The zero-order valence-corrected chi connectivity index (χ0v) is 10.2. The summed E-state index contributed by atoms with van der Waals surface area (Å²) in [6.07, 6.45) is 1.04. The Morgan fingerprint density at radius 1 is 0.882 bits per heavy atom. The van der Waals surface area contributed by atoms with Crippen LogP contribution in [0.2, 0.25) is 0 Å². The molecule has 5 nitrogen and oxygen atoms in total. The van der Waals surface area contributed by atoms with Gasteiger partial charge < -0.3 is 25.5 Å². The summed E-state index contributed by atoms with van der Waals surface area (Å²) in [5, 5.41) is 42.6. The quantitative estimate of drug-likeness (QED) is 0.449. The summed E-state index contributed by atoms with van der Waals surface area (Å²) in [6.45, 7) is 3.34. The Hall–Kier alpha value is -0.200. The van der Waals surface area contributed by atoms with Gasteiger partial charge in [0.25, 0.3) is 0 Å².